The lowest BCUT2D eigenvalue weighted by Crippen LogP contribution is -2.57. The first-order valence-corrected chi connectivity index (χ1v) is 6.72. The largest absolute Gasteiger partial charge is 0.394 e. The van der Waals surface area contributed by atoms with E-state index in [1.807, 2.05) is 24.3 Å². The third kappa shape index (κ3) is 3.39. The van der Waals surface area contributed by atoms with Crippen LogP contribution in [-0.4, -0.2) is 41.3 Å². The first kappa shape index (κ1) is 14.2. The van der Waals surface area contributed by atoms with Gasteiger partial charge in [-0.15, -0.1) is 0 Å². The summed E-state index contributed by atoms with van der Waals surface area (Å²) in [4.78, 5) is 13.7. The van der Waals surface area contributed by atoms with Gasteiger partial charge in [0, 0.05) is 24.0 Å². The number of aliphatic hydroxyl groups is 1. The van der Waals surface area contributed by atoms with E-state index in [9.17, 15) is 4.79 Å². The molecule has 2 N–H and O–H groups in total. The number of nitrogens with zero attached hydrogens (tertiary/aromatic N) is 1. The van der Waals surface area contributed by atoms with Gasteiger partial charge in [-0.1, -0.05) is 23.7 Å². The van der Waals surface area contributed by atoms with Crippen LogP contribution in [0.3, 0.4) is 0 Å². The topological polar surface area (TPSA) is 52.6 Å². The molecule has 5 heteroatoms. The van der Waals surface area contributed by atoms with Crippen LogP contribution in [0.2, 0.25) is 5.02 Å². The van der Waals surface area contributed by atoms with Crippen LogP contribution >= 0.6 is 11.6 Å². The Morgan fingerprint density at radius 2 is 2.00 bits per heavy atom. The van der Waals surface area contributed by atoms with E-state index in [0.717, 1.165) is 5.02 Å². The van der Waals surface area contributed by atoms with E-state index in [4.69, 9.17) is 16.7 Å². The molecule has 1 aromatic rings. The maximum absolute atomic E-state index is 11.9. The summed E-state index contributed by atoms with van der Waals surface area (Å²) in [5.74, 6) is 0.375. The zero-order valence-electron chi connectivity index (χ0n) is 11.2. The molecule has 0 spiro atoms. The molecule has 0 bridgehead atoms. The van der Waals surface area contributed by atoms with Gasteiger partial charge in [0.1, 0.15) is 0 Å². The maximum atomic E-state index is 11.9. The summed E-state index contributed by atoms with van der Waals surface area (Å²) in [6.45, 7) is 4.92. The van der Waals surface area contributed by atoms with Gasteiger partial charge in [0.2, 0.25) is 0 Å². The summed E-state index contributed by atoms with van der Waals surface area (Å²) in [6.07, 6.45) is 0. The third-order valence-electron chi connectivity index (χ3n) is 3.35. The minimum atomic E-state index is -0.581. The lowest BCUT2D eigenvalue weighted by atomic mass is 9.92. The second-order valence-electron chi connectivity index (χ2n) is 5.63. The number of nitrogens with one attached hydrogen (secondary N) is 1. The average Bonchev–Trinajstić information content (AvgIpc) is 2.29. The van der Waals surface area contributed by atoms with Gasteiger partial charge < -0.3 is 15.3 Å². The van der Waals surface area contributed by atoms with Gasteiger partial charge in [0.05, 0.1) is 12.1 Å². The van der Waals surface area contributed by atoms with Crippen LogP contribution in [0, 0.1) is 0 Å². The molecule has 1 aliphatic heterocycles. The fraction of sp³-hybridized carbons (Fsp3) is 0.500. The van der Waals surface area contributed by atoms with Crippen molar-refractivity contribution in [2.24, 2.45) is 0 Å². The molecule has 4 nitrogen and oxygen atoms in total. The molecule has 0 aromatic heterocycles. The Morgan fingerprint density at radius 1 is 1.42 bits per heavy atom. The number of carbonyl (C=O) groups excluding carboxylic acids is 1. The van der Waals surface area contributed by atoms with Gasteiger partial charge >= 0.3 is 6.03 Å². The molecule has 2 amide bonds. The summed E-state index contributed by atoms with van der Waals surface area (Å²) in [7, 11) is 0. The predicted octanol–water partition coefficient (Wildman–Crippen LogP) is 2.22. The quantitative estimate of drug-likeness (QED) is 0.893. The summed E-state index contributed by atoms with van der Waals surface area (Å²) >= 11 is 5.85. The van der Waals surface area contributed by atoms with Crippen molar-refractivity contribution in [2.75, 3.05) is 19.7 Å². The molecular weight excluding hydrogens is 264 g/mol. The highest BCUT2D eigenvalue weighted by Gasteiger charge is 2.33. The molecule has 19 heavy (non-hydrogen) atoms. The van der Waals surface area contributed by atoms with E-state index in [1.165, 1.54) is 5.56 Å². The Kier molecular flexibility index (Phi) is 4.02. The molecule has 0 radical (unpaired) electrons. The van der Waals surface area contributed by atoms with E-state index in [2.05, 4.69) is 5.32 Å². The van der Waals surface area contributed by atoms with Crippen molar-refractivity contribution < 1.29 is 9.90 Å². The third-order valence-corrected chi connectivity index (χ3v) is 3.60. The SMILES string of the molecule is CC(C)(CO)NC(=O)N1CC(c2ccc(Cl)cc2)C1. The Balaban J connectivity index is 1.86. The van der Waals surface area contributed by atoms with E-state index in [-0.39, 0.29) is 12.6 Å². The molecule has 0 unspecified atom stereocenters. The van der Waals surface area contributed by atoms with Gasteiger partial charge in [-0.05, 0) is 31.5 Å². The number of aliphatic hydroxyl groups excluding tert-OH is 1. The van der Waals surface area contributed by atoms with Crippen molar-refractivity contribution in [1.82, 2.24) is 10.2 Å². The fourth-order valence-corrected chi connectivity index (χ4v) is 2.12. The van der Waals surface area contributed by atoms with E-state index in [0.29, 0.717) is 19.0 Å². The monoisotopic (exact) mass is 282 g/mol. The van der Waals surface area contributed by atoms with E-state index < -0.39 is 5.54 Å². The van der Waals surface area contributed by atoms with Gasteiger partial charge in [0.25, 0.3) is 0 Å². The zero-order chi connectivity index (χ0) is 14.0. The van der Waals surface area contributed by atoms with Gasteiger partial charge in [-0.3, -0.25) is 0 Å². The zero-order valence-corrected chi connectivity index (χ0v) is 11.9. The molecule has 0 saturated carbocycles. The smallest absolute Gasteiger partial charge is 0.317 e. The van der Waals surface area contributed by atoms with Crippen molar-refractivity contribution in [1.29, 1.82) is 0 Å². The summed E-state index contributed by atoms with van der Waals surface area (Å²) in [5.41, 5.74) is 0.623. The highest BCUT2D eigenvalue weighted by molar-refractivity contribution is 6.30. The summed E-state index contributed by atoms with van der Waals surface area (Å²) in [5, 5.41) is 12.7. The number of amides is 2. The molecule has 1 fully saturated rings. The van der Waals surface area contributed by atoms with E-state index in [1.54, 1.807) is 18.7 Å². The van der Waals surface area contributed by atoms with Crippen molar-refractivity contribution >= 4 is 17.6 Å². The molecule has 0 atom stereocenters. The van der Waals surface area contributed by atoms with Gasteiger partial charge in [-0.2, -0.15) is 0 Å². The van der Waals surface area contributed by atoms with Crippen LogP contribution in [-0.2, 0) is 0 Å². The normalized spacial score (nSPS) is 16.1. The van der Waals surface area contributed by atoms with Gasteiger partial charge in [-0.25, -0.2) is 4.79 Å². The number of rotatable bonds is 3. The van der Waals surface area contributed by atoms with Crippen molar-refractivity contribution in [3.05, 3.63) is 34.9 Å². The molecule has 0 aliphatic carbocycles. The number of carbonyl (C=O) groups is 1. The van der Waals surface area contributed by atoms with Crippen LogP contribution in [0.5, 0.6) is 0 Å². The number of hydrogen-bond acceptors (Lipinski definition) is 2. The number of urea groups is 1. The van der Waals surface area contributed by atoms with Gasteiger partial charge in [0.15, 0.2) is 0 Å². The Bertz CT molecular complexity index is 453. The molecule has 1 aromatic carbocycles. The Labute approximate surface area is 118 Å². The maximum Gasteiger partial charge on any atom is 0.317 e. The minimum Gasteiger partial charge on any atom is -0.394 e. The highest BCUT2D eigenvalue weighted by atomic mass is 35.5. The first-order valence-electron chi connectivity index (χ1n) is 6.35. The standard InChI is InChI=1S/C14H19ClN2O2/c1-14(2,9-18)16-13(19)17-7-11(8-17)10-3-5-12(15)6-4-10/h3-6,11,18H,7-9H2,1-2H3,(H,16,19). The molecule has 1 saturated heterocycles. The summed E-state index contributed by atoms with van der Waals surface area (Å²) < 4.78 is 0. The van der Waals surface area contributed by atoms with Crippen LogP contribution in [0.1, 0.15) is 25.3 Å². The molecule has 2 rings (SSSR count). The molecular formula is C14H19ClN2O2. The van der Waals surface area contributed by atoms with Crippen LogP contribution in [0.4, 0.5) is 4.79 Å². The summed E-state index contributed by atoms with van der Waals surface area (Å²) in [6, 6.07) is 7.62. The van der Waals surface area contributed by atoms with E-state index >= 15 is 0 Å². The molecule has 1 aliphatic rings. The number of likely N-dealkylation sites (tertiary alicyclic amines) is 1. The first-order chi connectivity index (χ1) is 8.91. The van der Waals surface area contributed by atoms with Crippen LogP contribution < -0.4 is 5.32 Å². The second-order valence-corrected chi connectivity index (χ2v) is 6.06. The number of benzene rings is 1. The lowest BCUT2D eigenvalue weighted by molar-refractivity contribution is 0.129. The minimum absolute atomic E-state index is 0.0762. The lowest BCUT2D eigenvalue weighted by Gasteiger charge is -2.41. The fourth-order valence-electron chi connectivity index (χ4n) is 2.00. The van der Waals surface area contributed by atoms with Crippen LogP contribution in [0.15, 0.2) is 24.3 Å². The number of hydrogen-bond donors (Lipinski definition) is 2. The average molecular weight is 283 g/mol. The Hall–Kier alpha value is -1.26. The molecule has 104 valence electrons. The van der Waals surface area contributed by atoms with Crippen molar-refractivity contribution in [2.45, 2.75) is 25.3 Å². The van der Waals surface area contributed by atoms with Crippen LogP contribution in [0.25, 0.3) is 0 Å². The van der Waals surface area contributed by atoms with Crippen molar-refractivity contribution in [3.63, 3.8) is 0 Å². The van der Waals surface area contributed by atoms with Crippen molar-refractivity contribution in [3.8, 4) is 0 Å². The number of halogens is 1. The predicted molar refractivity (Wildman–Crippen MR) is 75.5 cm³/mol. The highest BCUT2D eigenvalue weighted by Crippen LogP contribution is 2.28. The molecule has 1 heterocycles. The second kappa shape index (κ2) is 5.39. The Morgan fingerprint density at radius 3 is 2.53 bits per heavy atom.